The van der Waals surface area contributed by atoms with Gasteiger partial charge in [0.2, 0.25) is 5.91 Å². The van der Waals surface area contributed by atoms with Crippen molar-refractivity contribution in [1.29, 1.82) is 0 Å². The molecule has 1 N–H and O–H groups in total. The molecule has 7 heteroatoms. The number of likely N-dealkylation sites (N-methyl/N-ethyl adjacent to an activating group) is 1. The Kier molecular flexibility index (Phi) is 7.60. The molecule has 2 aliphatic rings. The number of anilines is 1. The van der Waals surface area contributed by atoms with E-state index < -0.39 is 0 Å². The van der Waals surface area contributed by atoms with Crippen molar-refractivity contribution in [2.75, 3.05) is 84.1 Å². The summed E-state index contributed by atoms with van der Waals surface area (Å²) in [5, 5.41) is 10.4. The van der Waals surface area contributed by atoms with Gasteiger partial charge in [-0.1, -0.05) is 18.2 Å². The highest BCUT2D eigenvalue weighted by Gasteiger charge is 2.23. The molecule has 0 bridgehead atoms. The summed E-state index contributed by atoms with van der Waals surface area (Å²) in [6.45, 7) is 8.68. The highest BCUT2D eigenvalue weighted by atomic mass is 16.5. The number of aliphatic hydroxyl groups is 1. The zero-order valence-electron chi connectivity index (χ0n) is 16.3. The molecule has 7 nitrogen and oxygen atoms in total. The van der Waals surface area contributed by atoms with Gasteiger partial charge in [-0.25, -0.2) is 0 Å². The molecule has 0 aromatic heterocycles. The van der Waals surface area contributed by atoms with E-state index in [1.807, 2.05) is 37.4 Å². The number of ether oxygens (including phenoxy) is 1. The first-order chi connectivity index (χ1) is 13.1. The van der Waals surface area contributed by atoms with Gasteiger partial charge >= 0.3 is 0 Å². The van der Waals surface area contributed by atoms with Gasteiger partial charge in [0.05, 0.1) is 25.9 Å². The topological polar surface area (TPSA) is 59.5 Å². The molecule has 1 atom stereocenters. The van der Waals surface area contributed by atoms with Crippen molar-refractivity contribution >= 4 is 11.6 Å². The van der Waals surface area contributed by atoms with Crippen LogP contribution in [-0.4, -0.2) is 111 Å². The lowest BCUT2D eigenvalue weighted by Crippen LogP contribution is -2.52. The number of hydrogen-bond donors (Lipinski definition) is 1. The van der Waals surface area contributed by atoms with Gasteiger partial charge in [-0.3, -0.25) is 19.5 Å². The van der Waals surface area contributed by atoms with Crippen LogP contribution in [0.4, 0.5) is 5.69 Å². The third kappa shape index (κ3) is 6.26. The maximum Gasteiger partial charge on any atom is 0.240 e. The number of amides is 1. The van der Waals surface area contributed by atoms with Gasteiger partial charge in [-0.2, -0.15) is 0 Å². The molecule has 3 rings (SSSR count). The fraction of sp³-hybridized carbons (Fsp3) is 0.650. The maximum atomic E-state index is 12.5. The number of benzene rings is 1. The van der Waals surface area contributed by atoms with Gasteiger partial charge in [0.25, 0.3) is 0 Å². The van der Waals surface area contributed by atoms with Gasteiger partial charge < -0.3 is 14.7 Å². The molecule has 27 heavy (non-hydrogen) atoms. The Bertz CT molecular complexity index is 572. The normalized spacial score (nSPS) is 21.1. The molecule has 0 aliphatic carbocycles. The first kappa shape index (κ1) is 20.2. The first-order valence-corrected chi connectivity index (χ1v) is 9.86. The minimum absolute atomic E-state index is 0.113. The minimum atomic E-state index is -0.333. The van der Waals surface area contributed by atoms with Crippen LogP contribution in [-0.2, 0) is 9.53 Å². The van der Waals surface area contributed by atoms with Crippen LogP contribution in [0.25, 0.3) is 0 Å². The lowest BCUT2D eigenvalue weighted by molar-refractivity contribution is -0.120. The molecule has 0 spiro atoms. The number of β-amino-alcohol motifs (C(OH)–C–C–N with tert-alkyl or cyclic N) is 1. The van der Waals surface area contributed by atoms with Gasteiger partial charge in [0.1, 0.15) is 0 Å². The molecule has 150 valence electrons. The van der Waals surface area contributed by atoms with Crippen LogP contribution in [0, 0.1) is 0 Å². The third-order valence-corrected chi connectivity index (χ3v) is 5.38. The number of carbonyl (C=O) groups excluding carboxylic acids is 1. The second-order valence-electron chi connectivity index (χ2n) is 7.43. The van der Waals surface area contributed by atoms with E-state index in [0.29, 0.717) is 19.6 Å². The van der Waals surface area contributed by atoms with Crippen molar-refractivity contribution in [3.63, 3.8) is 0 Å². The monoisotopic (exact) mass is 376 g/mol. The van der Waals surface area contributed by atoms with E-state index in [0.717, 1.165) is 58.2 Å². The highest BCUT2D eigenvalue weighted by molar-refractivity contribution is 5.94. The van der Waals surface area contributed by atoms with Crippen molar-refractivity contribution in [1.82, 2.24) is 14.7 Å². The summed E-state index contributed by atoms with van der Waals surface area (Å²) in [5.41, 5.74) is 0.923. The molecule has 1 aromatic rings. The number of para-hydroxylation sites is 1. The van der Waals surface area contributed by atoms with Crippen molar-refractivity contribution in [2.24, 2.45) is 0 Å². The summed E-state index contributed by atoms with van der Waals surface area (Å²) in [5.74, 6) is 0.113. The summed E-state index contributed by atoms with van der Waals surface area (Å²) < 4.78 is 5.35. The molecule has 2 fully saturated rings. The van der Waals surface area contributed by atoms with E-state index >= 15 is 0 Å². The fourth-order valence-corrected chi connectivity index (χ4v) is 3.66. The van der Waals surface area contributed by atoms with E-state index in [4.69, 9.17) is 4.74 Å². The van der Waals surface area contributed by atoms with Crippen molar-refractivity contribution in [3.05, 3.63) is 30.3 Å². The van der Waals surface area contributed by atoms with Gasteiger partial charge in [0, 0.05) is 65.1 Å². The molecule has 0 radical (unpaired) electrons. The average Bonchev–Trinajstić information content (AvgIpc) is 2.70. The third-order valence-electron chi connectivity index (χ3n) is 5.38. The quantitative estimate of drug-likeness (QED) is 0.721. The van der Waals surface area contributed by atoms with Crippen LogP contribution >= 0.6 is 0 Å². The number of carbonyl (C=O) groups is 1. The van der Waals surface area contributed by atoms with E-state index in [2.05, 4.69) is 14.7 Å². The Morgan fingerprint density at radius 2 is 1.56 bits per heavy atom. The Morgan fingerprint density at radius 3 is 2.19 bits per heavy atom. The van der Waals surface area contributed by atoms with Gasteiger partial charge in [-0.15, -0.1) is 0 Å². The molecule has 1 aromatic carbocycles. The standard InChI is InChI=1S/C20H32N4O3/c1-21(18-5-3-2-4-6-18)20(26)17-23-9-7-22(8-10-23)15-19(25)16-24-11-13-27-14-12-24/h2-6,19,25H,7-17H2,1H3. The molecular weight excluding hydrogens is 344 g/mol. The Morgan fingerprint density at radius 1 is 1.00 bits per heavy atom. The number of rotatable bonds is 7. The van der Waals surface area contributed by atoms with E-state index in [-0.39, 0.29) is 12.0 Å². The van der Waals surface area contributed by atoms with E-state index in [1.165, 1.54) is 0 Å². The summed E-state index contributed by atoms with van der Waals surface area (Å²) in [7, 11) is 1.83. The predicted octanol–water partition coefficient (Wildman–Crippen LogP) is -0.0399. The van der Waals surface area contributed by atoms with Gasteiger partial charge in [0.15, 0.2) is 0 Å². The molecule has 2 saturated heterocycles. The number of aliphatic hydroxyl groups excluding tert-OH is 1. The SMILES string of the molecule is CN(C(=O)CN1CCN(CC(O)CN2CCOCC2)CC1)c1ccccc1. The minimum Gasteiger partial charge on any atom is -0.390 e. The summed E-state index contributed by atoms with van der Waals surface area (Å²) in [4.78, 5) is 21.0. The first-order valence-electron chi connectivity index (χ1n) is 9.86. The Hall–Kier alpha value is -1.51. The zero-order valence-corrected chi connectivity index (χ0v) is 16.3. The Labute approximate surface area is 162 Å². The lowest BCUT2D eigenvalue weighted by atomic mass is 10.2. The summed E-state index contributed by atoms with van der Waals surface area (Å²) >= 11 is 0. The van der Waals surface area contributed by atoms with Crippen molar-refractivity contribution < 1.29 is 14.6 Å². The second kappa shape index (κ2) is 10.1. The van der Waals surface area contributed by atoms with Crippen LogP contribution < -0.4 is 4.90 Å². The summed E-state index contributed by atoms with van der Waals surface area (Å²) in [6.07, 6.45) is -0.333. The van der Waals surface area contributed by atoms with Crippen LogP contribution in [0.5, 0.6) is 0 Å². The number of morpholine rings is 1. The molecule has 1 unspecified atom stereocenters. The number of piperazine rings is 1. The summed E-state index contributed by atoms with van der Waals surface area (Å²) in [6, 6.07) is 9.74. The van der Waals surface area contributed by atoms with Crippen molar-refractivity contribution in [3.8, 4) is 0 Å². The lowest BCUT2D eigenvalue weighted by Gasteiger charge is -2.36. The Balaban J connectivity index is 1.36. The average molecular weight is 377 g/mol. The van der Waals surface area contributed by atoms with Crippen LogP contribution in [0.3, 0.4) is 0 Å². The fourth-order valence-electron chi connectivity index (χ4n) is 3.66. The predicted molar refractivity (Wildman–Crippen MR) is 106 cm³/mol. The molecule has 2 heterocycles. The maximum absolute atomic E-state index is 12.5. The number of nitrogens with zero attached hydrogens (tertiary/aromatic N) is 4. The van der Waals surface area contributed by atoms with Gasteiger partial charge in [-0.05, 0) is 12.1 Å². The van der Waals surface area contributed by atoms with E-state index in [1.54, 1.807) is 4.90 Å². The second-order valence-corrected chi connectivity index (χ2v) is 7.43. The molecular formula is C20H32N4O3. The zero-order chi connectivity index (χ0) is 19.1. The van der Waals surface area contributed by atoms with Crippen LogP contribution in [0.2, 0.25) is 0 Å². The van der Waals surface area contributed by atoms with Crippen molar-refractivity contribution in [2.45, 2.75) is 6.10 Å². The molecule has 0 saturated carbocycles. The van der Waals surface area contributed by atoms with Crippen LogP contribution in [0.1, 0.15) is 0 Å². The van der Waals surface area contributed by atoms with Crippen LogP contribution in [0.15, 0.2) is 30.3 Å². The largest absolute Gasteiger partial charge is 0.390 e. The highest BCUT2D eigenvalue weighted by Crippen LogP contribution is 2.12. The number of hydrogen-bond acceptors (Lipinski definition) is 6. The van der Waals surface area contributed by atoms with E-state index in [9.17, 15) is 9.90 Å². The smallest absolute Gasteiger partial charge is 0.240 e. The molecule has 1 amide bonds. The molecule has 2 aliphatic heterocycles.